The molecule has 0 bridgehead atoms. The third-order valence-electron chi connectivity index (χ3n) is 0.462. The molecule has 0 aromatic carbocycles. The first-order chi connectivity index (χ1) is 4.16. The number of hydrogen-bond acceptors (Lipinski definition) is 2. The first kappa shape index (κ1) is 8.53. The van der Waals surface area contributed by atoms with E-state index in [1.54, 1.807) is 0 Å². The summed E-state index contributed by atoms with van der Waals surface area (Å²) in [5.41, 5.74) is 4.99. The Morgan fingerprint density at radius 3 is 2.44 bits per heavy atom. The van der Waals surface area contributed by atoms with E-state index in [1.807, 2.05) is 0 Å². The summed E-state index contributed by atoms with van der Waals surface area (Å²) in [6.45, 7) is 3.30. The van der Waals surface area contributed by atoms with Crippen LogP contribution in [0.3, 0.4) is 0 Å². The molecule has 0 amide bonds. The molecule has 0 aromatic rings. The molecule has 2 N–H and O–H groups in total. The number of aliphatic imine (C=N–C) groups is 1. The van der Waals surface area contributed by atoms with Crippen molar-refractivity contribution in [3.8, 4) is 0 Å². The van der Waals surface area contributed by atoms with Crippen LogP contribution in [0.2, 0.25) is 0 Å². The average molecular weight is 165 g/mol. The highest BCUT2D eigenvalue weighted by Crippen LogP contribution is 2.00. The largest absolute Gasteiger partial charge is 0.405 e. The average Bonchev–Trinajstić information content (AvgIpc) is 1.63. The Balaban J connectivity index is 4.00. The number of hydrogen-bond donors (Lipinski definition) is 1. The second-order valence-corrected chi connectivity index (χ2v) is 1.99. The van der Waals surface area contributed by atoms with E-state index in [0.717, 1.165) is 0 Å². The molecule has 0 fully saturated rings. The number of rotatable bonds is 2. The second-order valence-electron chi connectivity index (χ2n) is 1.17. The lowest BCUT2D eigenvalue weighted by Gasteiger charge is -1.84. The maximum Gasteiger partial charge on any atom is 0.132 e. The van der Waals surface area contributed by atoms with Gasteiger partial charge in [0.15, 0.2) is 0 Å². The fraction of sp³-hybridized carbons (Fsp3) is 0. The van der Waals surface area contributed by atoms with Gasteiger partial charge in [-0.1, -0.05) is 29.8 Å². The first-order valence-corrected chi connectivity index (χ1v) is 2.89. The molecule has 0 saturated carbocycles. The molecule has 0 aliphatic rings. The lowest BCUT2D eigenvalue weighted by molar-refractivity contribution is 1.54. The molecule has 2 nitrogen and oxygen atoms in total. The smallest absolute Gasteiger partial charge is 0.132 e. The van der Waals surface area contributed by atoms with Crippen LogP contribution in [0.5, 0.6) is 0 Å². The second kappa shape index (κ2) is 4.41. The first-order valence-electron chi connectivity index (χ1n) is 2.13. The van der Waals surface area contributed by atoms with Crippen LogP contribution in [0.15, 0.2) is 29.0 Å². The zero-order valence-corrected chi connectivity index (χ0v) is 6.15. The van der Waals surface area contributed by atoms with Crippen LogP contribution in [0.1, 0.15) is 0 Å². The Morgan fingerprint density at radius 2 is 2.11 bits per heavy atom. The van der Waals surface area contributed by atoms with Crippen LogP contribution < -0.4 is 5.73 Å². The van der Waals surface area contributed by atoms with Gasteiger partial charge in [0.1, 0.15) is 10.3 Å². The predicted octanol–water partition coefficient (Wildman–Crippen LogP) is 1.81. The van der Waals surface area contributed by atoms with E-state index in [9.17, 15) is 0 Å². The molecule has 9 heavy (non-hydrogen) atoms. The third-order valence-corrected chi connectivity index (χ3v) is 0.757. The molecule has 0 heterocycles. The summed E-state index contributed by atoms with van der Waals surface area (Å²) in [6, 6.07) is 0. The number of nitrogens with two attached hydrogens (primary N) is 1. The summed E-state index contributed by atoms with van der Waals surface area (Å²) in [5.74, 6) is 0. The van der Waals surface area contributed by atoms with Crippen molar-refractivity contribution in [3.63, 3.8) is 0 Å². The molecular formula is C5H6Cl2N2. The lowest BCUT2D eigenvalue weighted by atomic mass is 10.6. The summed E-state index contributed by atoms with van der Waals surface area (Å²) in [4.78, 5) is 3.55. The minimum Gasteiger partial charge on any atom is -0.405 e. The van der Waals surface area contributed by atoms with Gasteiger partial charge in [0, 0.05) is 0 Å². The molecule has 50 valence electrons. The molecule has 0 spiro atoms. The Morgan fingerprint density at radius 1 is 1.56 bits per heavy atom. The van der Waals surface area contributed by atoms with Gasteiger partial charge in [-0.3, -0.25) is 0 Å². The summed E-state index contributed by atoms with van der Waals surface area (Å²) >= 11 is 10.7. The van der Waals surface area contributed by atoms with Gasteiger partial charge < -0.3 is 5.73 Å². The highest BCUT2D eigenvalue weighted by Gasteiger charge is 1.84. The number of allylic oxidation sites excluding steroid dienone is 1. The Labute approximate surface area is 63.7 Å². The van der Waals surface area contributed by atoms with Crippen LogP contribution in [-0.2, 0) is 0 Å². The summed E-state index contributed by atoms with van der Waals surface area (Å²) in [7, 11) is 0. The molecular weight excluding hydrogens is 159 g/mol. The van der Waals surface area contributed by atoms with Crippen molar-refractivity contribution < 1.29 is 0 Å². The van der Waals surface area contributed by atoms with Crippen LogP contribution in [0, 0.1) is 0 Å². The predicted molar refractivity (Wildman–Crippen MR) is 41.6 cm³/mol. The summed E-state index contributed by atoms with van der Waals surface area (Å²) in [6.07, 6.45) is 2.68. The van der Waals surface area contributed by atoms with Crippen LogP contribution in [-0.4, -0.2) is 5.17 Å². The zero-order valence-electron chi connectivity index (χ0n) is 4.64. The molecule has 0 aliphatic heterocycles. The van der Waals surface area contributed by atoms with Gasteiger partial charge in [-0.2, -0.15) is 0 Å². The van der Waals surface area contributed by atoms with E-state index >= 15 is 0 Å². The van der Waals surface area contributed by atoms with Crippen molar-refractivity contribution in [2.45, 2.75) is 0 Å². The minimum absolute atomic E-state index is 0.137. The van der Waals surface area contributed by atoms with Crippen molar-refractivity contribution in [3.05, 3.63) is 24.0 Å². The molecule has 4 heteroatoms. The summed E-state index contributed by atoms with van der Waals surface area (Å²) in [5, 5.41) is 0.357. The molecule has 0 unspecified atom stereocenters. The van der Waals surface area contributed by atoms with Crippen molar-refractivity contribution in [1.82, 2.24) is 0 Å². The van der Waals surface area contributed by atoms with Crippen LogP contribution in [0.4, 0.5) is 0 Å². The van der Waals surface area contributed by atoms with Crippen LogP contribution in [0.25, 0.3) is 0 Å². The van der Waals surface area contributed by atoms with Gasteiger partial charge in [0.2, 0.25) is 0 Å². The topological polar surface area (TPSA) is 38.4 Å². The molecule has 0 saturated heterocycles. The molecule has 0 atom stereocenters. The normalized spacial score (nSPS) is 12.4. The van der Waals surface area contributed by atoms with Crippen molar-refractivity contribution in [1.29, 1.82) is 0 Å². The third kappa shape index (κ3) is 5.40. The molecule has 0 rings (SSSR count). The quantitative estimate of drug-likeness (QED) is 0.491. The van der Waals surface area contributed by atoms with E-state index < -0.39 is 0 Å². The Kier molecular flexibility index (Phi) is 4.18. The number of nitrogens with zero attached hydrogens (tertiary/aromatic N) is 1. The van der Waals surface area contributed by atoms with E-state index in [2.05, 4.69) is 11.6 Å². The van der Waals surface area contributed by atoms with Gasteiger partial charge in [-0.15, -0.1) is 0 Å². The van der Waals surface area contributed by atoms with Crippen LogP contribution >= 0.6 is 23.2 Å². The van der Waals surface area contributed by atoms with Gasteiger partial charge in [0.05, 0.1) is 0 Å². The fourth-order valence-corrected chi connectivity index (χ4v) is 0.542. The zero-order chi connectivity index (χ0) is 7.28. The summed E-state index contributed by atoms with van der Waals surface area (Å²) < 4.78 is 0. The standard InChI is InChI=1S/C5H6Cl2N2/c1-4(6)9-5(7)2-3-8/h2-3H,1,8H2/b3-2-,9-5?. The maximum atomic E-state index is 5.41. The van der Waals surface area contributed by atoms with E-state index in [-0.39, 0.29) is 10.3 Å². The van der Waals surface area contributed by atoms with E-state index in [1.165, 1.54) is 12.3 Å². The van der Waals surface area contributed by atoms with Crippen molar-refractivity contribution in [2.75, 3.05) is 0 Å². The van der Waals surface area contributed by atoms with Gasteiger partial charge >= 0.3 is 0 Å². The van der Waals surface area contributed by atoms with Gasteiger partial charge in [0.25, 0.3) is 0 Å². The monoisotopic (exact) mass is 164 g/mol. The fourth-order valence-electron chi connectivity index (χ4n) is 0.233. The van der Waals surface area contributed by atoms with Gasteiger partial charge in [-0.05, 0) is 12.3 Å². The Bertz CT molecular complexity index is 160. The highest BCUT2D eigenvalue weighted by atomic mass is 35.5. The van der Waals surface area contributed by atoms with Crippen molar-refractivity contribution in [2.24, 2.45) is 10.7 Å². The Hall–Kier alpha value is -0.470. The highest BCUT2D eigenvalue weighted by molar-refractivity contribution is 6.68. The SMILES string of the molecule is C=C(Cl)N=C(Cl)/C=C\N. The molecule has 0 aromatic heterocycles. The van der Waals surface area contributed by atoms with Gasteiger partial charge in [-0.25, -0.2) is 4.99 Å². The minimum atomic E-state index is 0.137. The van der Waals surface area contributed by atoms with Crippen molar-refractivity contribution >= 4 is 28.4 Å². The molecule has 0 radical (unpaired) electrons. The number of halogens is 2. The van der Waals surface area contributed by atoms with E-state index in [4.69, 9.17) is 28.9 Å². The molecule has 0 aliphatic carbocycles. The maximum absolute atomic E-state index is 5.41. The van der Waals surface area contributed by atoms with E-state index in [0.29, 0.717) is 0 Å². The lowest BCUT2D eigenvalue weighted by Crippen LogP contribution is -1.83.